The Bertz CT molecular complexity index is 604. The van der Waals surface area contributed by atoms with Crippen LogP contribution in [0.25, 0.3) is 0 Å². The fraction of sp³-hybridized carbons (Fsp3) is 0.579. The van der Waals surface area contributed by atoms with Crippen LogP contribution >= 0.6 is 0 Å². The van der Waals surface area contributed by atoms with Gasteiger partial charge in [0.05, 0.1) is 6.10 Å². The van der Waals surface area contributed by atoms with Crippen molar-refractivity contribution in [3.8, 4) is 0 Å². The van der Waals surface area contributed by atoms with E-state index in [1.807, 2.05) is 41.5 Å². The number of likely N-dealkylation sites (N-methyl/N-ethyl adjacent to an activating group) is 1. The Labute approximate surface area is 150 Å². The Morgan fingerprint density at radius 2 is 2.16 bits per heavy atom. The van der Waals surface area contributed by atoms with Gasteiger partial charge in [-0.1, -0.05) is 6.07 Å². The summed E-state index contributed by atoms with van der Waals surface area (Å²) in [5.41, 5.74) is 1.11. The summed E-state index contributed by atoms with van der Waals surface area (Å²) >= 11 is 0. The van der Waals surface area contributed by atoms with Gasteiger partial charge in [0.25, 0.3) is 0 Å². The second-order valence-corrected chi connectivity index (χ2v) is 6.90. The molecule has 0 aromatic carbocycles. The zero-order valence-corrected chi connectivity index (χ0v) is 15.0. The Kier molecular flexibility index (Phi) is 6.55. The van der Waals surface area contributed by atoms with E-state index in [1.54, 1.807) is 0 Å². The molecule has 3 heterocycles. The quantitative estimate of drug-likeness (QED) is 0.782. The summed E-state index contributed by atoms with van der Waals surface area (Å²) in [5, 5.41) is 14.8. The smallest absolute Gasteiger partial charge is 0.0822 e. The molecule has 136 valence electrons. The van der Waals surface area contributed by atoms with E-state index in [0.29, 0.717) is 0 Å². The molecule has 0 bridgehead atoms. The number of likely N-dealkylation sites (tertiary alicyclic amines) is 1. The Hall–Kier alpha value is -1.76. The lowest BCUT2D eigenvalue weighted by molar-refractivity contribution is -0.00420. The molecule has 1 aliphatic rings. The fourth-order valence-corrected chi connectivity index (χ4v) is 3.59. The van der Waals surface area contributed by atoms with E-state index in [4.69, 9.17) is 0 Å². The van der Waals surface area contributed by atoms with Crippen molar-refractivity contribution in [3.63, 3.8) is 0 Å². The highest BCUT2D eigenvalue weighted by Crippen LogP contribution is 2.17. The van der Waals surface area contributed by atoms with E-state index in [9.17, 15) is 5.11 Å². The summed E-state index contributed by atoms with van der Waals surface area (Å²) in [6, 6.07) is 8.23. The van der Waals surface area contributed by atoms with E-state index in [2.05, 4.69) is 33.0 Å². The number of aromatic nitrogens is 3. The molecular formula is C19H29N5O. The number of nitrogens with zero attached hydrogens (tertiary/aromatic N) is 5. The third-order valence-corrected chi connectivity index (χ3v) is 5.06. The molecule has 2 atom stereocenters. The number of piperidine rings is 1. The largest absolute Gasteiger partial charge is 0.390 e. The third-order valence-electron chi connectivity index (χ3n) is 5.06. The van der Waals surface area contributed by atoms with Crippen LogP contribution in [-0.2, 0) is 13.0 Å². The predicted octanol–water partition coefficient (Wildman–Crippen LogP) is 1.28. The van der Waals surface area contributed by atoms with E-state index in [0.717, 1.165) is 57.7 Å². The van der Waals surface area contributed by atoms with Crippen LogP contribution < -0.4 is 0 Å². The maximum Gasteiger partial charge on any atom is 0.0822 e. The molecule has 2 aromatic heterocycles. The molecule has 6 nitrogen and oxygen atoms in total. The lowest BCUT2D eigenvalue weighted by atomic mass is 10.00. The molecule has 3 rings (SSSR count). The Morgan fingerprint density at radius 3 is 2.88 bits per heavy atom. The van der Waals surface area contributed by atoms with Crippen LogP contribution in [0.3, 0.4) is 0 Å². The van der Waals surface area contributed by atoms with Crippen molar-refractivity contribution in [2.24, 2.45) is 0 Å². The first kappa shape index (κ1) is 18.0. The highest BCUT2D eigenvalue weighted by Gasteiger charge is 2.30. The molecule has 0 aliphatic carbocycles. The van der Waals surface area contributed by atoms with Crippen molar-refractivity contribution in [2.75, 3.05) is 33.2 Å². The molecule has 6 heteroatoms. The lowest BCUT2D eigenvalue weighted by Crippen LogP contribution is -2.53. The average molecular weight is 343 g/mol. The molecule has 1 aliphatic heterocycles. The van der Waals surface area contributed by atoms with E-state index < -0.39 is 0 Å². The molecule has 1 fully saturated rings. The summed E-state index contributed by atoms with van der Waals surface area (Å²) in [6.07, 6.45) is 8.37. The van der Waals surface area contributed by atoms with Gasteiger partial charge >= 0.3 is 0 Å². The Balaban J connectivity index is 1.38. The highest BCUT2D eigenvalue weighted by atomic mass is 16.3. The van der Waals surface area contributed by atoms with Crippen molar-refractivity contribution < 1.29 is 5.11 Å². The number of pyridine rings is 1. The summed E-state index contributed by atoms with van der Waals surface area (Å²) in [5.74, 6) is 0. The minimum Gasteiger partial charge on any atom is -0.390 e. The monoisotopic (exact) mass is 343 g/mol. The van der Waals surface area contributed by atoms with Crippen molar-refractivity contribution in [1.82, 2.24) is 24.6 Å². The number of aliphatic hydroxyl groups is 1. The lowest BCUT2D eigenvalue weighted by Gasteiger charge is -2.40. The molecule has 0 radical (unpaired) electrons. The van der Waals surface area contributed by atoms with Crippen molar-refractivity contribution in [1.29, 1.82) is 0 Å². The van der Waals surface area contributed by atoms with Crippen LogP contribution in [0.5, 0.6) is 0 Å². The topological polar surface area (TPSA) is 57.4 Å². The SMILES string of the molecule is CN(CCc1ccccn1)[C@@H]1CCN(CCCn2cccn2)C[C@H]1O. The van der Waals surface area contributed by atoms with E-state index >= 15 is 0 Å². The zero-order valence-electron chi connectivity index (χ0n) is 15.0. The maximum absolute atomic E-state index is 10.6. The first-order valence-corrected chi connectivity index (χ1v) is 9.20. The van der Waals surface area contributed by atoms with Gasteiger partial charge in [0.1, 0.15) is 0 Å². The van der Waals surface area contributed by atoms with Gasteiger partial charge < -0.3 is 14.9 Å². The fourth-order valence-electron chi connectivity index (χ4n) is 3.59. The van der Waals surface area contributed by atoms with Crippen LogP contribution in [0.1, 0.15) is 18.5 Å². The average Bonchev–Trinajstić information content (AvgIpc) is 3.14. The summed E-state index contributed by atoms with van der Waals surface area (Å²) in [7, 11) is 2.12. The molecule has 0 spiro atoms. The summed E-state index contributed by atoms with van der Waals surface area (Å²) in [6.45, 7) is 4.69. The van der Waals surface area contributed by atoms with Crippen LogP contribution in [0.4, 0.5) is 0 Å². The molecule has 0 saturated carbocycles. The van der Waals surface area contributed by atoms with E-state index in [1.165, 1.54) is 0 Å². The van der Waals surface area contributed by atoms with Gasteiger partial charge in [-0.2, -0.15) is 5.10 Å². The first-order valence-electron chi connectivity index (χ1n) is 9.20. The molecule has 1 N–H and O–H groups in total. The number of β-amino-alcohol motifs (C(OH)–C–C–N with tert-alkyl or cyclic N) is 1. The van der Waals surface area contributed by atoms with Gasteiger partial charge in [-0.3, -0.25) is 9.67 Å². The number of hydrogen-bond donors (Lipinski definition) is 1. The molecule has 2 aromatic rings. The molecule has 25 heavy (non-hydrogen) atoms. The standard InChI is InChI=1S/C19H29N5O/c1-22(14-7-17-6-2-3-9-20-17)18-8-15-23(16-19(18)25)11-5-13-24-12-4-10-21-24/h2-4,6,9-10,12,18-19,25H,5,7-8,11,13-16H2,1H3/t18-,19-/m1/s1. The van der Waals surface area contributed by atoms with Crippen LogP contribution in [0.15, 0.2) is 42.9 Å². The molecular weight excluding hydrogens is 314 g/mol. The number of aryl methyl sites for hydroxylation is 1. The maximum atomic E-state index is 10.6. The summed E-state index contributed by atoms with van der Waals surface area (Å²) < 4.78 is 1.97. The zero-order chi connectivity index (χ0) is 17.5. The van der Waals surface area contributed by atoms with Gasteiger partial charge in [-0.15, -0.1) is 0 Å². The second-order valence-electron chi connectivity index (χ2n) is 6.90. The minimum atomic E-state index is -0.285. The van der Waals surface area contributed by atoms with Crippen molar-refractivity contribution in [3.05, 3.63) is 48.5 Å². The van der Waals surface area contributed by atoms with E-state index in [-0.39, 0.29) is 12.1 Å². The van der Waals surface area contributed by atoms with Gasteiger partial charge in [0.15, 0.2) is 0 Å². The minimum absolute atomic E-state index is 0.242. The number of hydrogen-bond acceptors (Lipinski definition) is 5. The second kappa shape index (κ2) is 9.08. The van der Waals surface area contributed by atoms with Crippen LogP contribution in [-0.4, -0.2) is 75.0 Å². The van der Waals surface area contributed by atoms with Crippen molar-refractivity contribution in [2.45, 2.75) is 38.0 Å². The summed E-state index contributed by atoms with van der Waals surface area (Å²) in [4.78, 5) is 9.04. The predicted molar refractivity (Wildman–Crippen MR) is 98.3 cm³/mol. The van der Waals surface area contributed by atoms with Gasteiger partial charge in [0, 0.05) is 62.9 Å². The van der Waals surface area contributed by atoms with Gasteiger partial charge in [-0.25, -0.2) is 0 Å². The van der Waals surface area contributed by atoms with Crippen LogP contribution in [0, 0.1) is 0 Å². The molecule has 1 saturated heterocycles. The Morgan fingerprint density at radius 1 is 1.24 bits per heavy atom. The van der Waals surface area contributed by atoms with Crippen LogP contribution in [0.2, 0.25) is 0 Å². The molecule has 0 amide bonds. The third kappa shape index (κ3) is 5.36. The highest BCUT2D eigenvalue weighted by molar-refractivity contribution is 5.04. The van der Waals surface area contributed by atoms with Gasteiger partial charge in [0.2, 0.25) is 0 Å². The number of rotatable bonds is 8. The van der Waals surface area contributed by atoms with Crippen molar-refractivity contribution >= 4 is 0 Å². The first-order chi connectivity index (χ1) is 12.2. The normalized spacial score (nSPS) is 21.7. The van der Waals surface area contributed by atoms with Gasteiger partial charge in [-0.05, 0) is 44.6 Å². The molecule has 0 unspecified atom stereocenters. The number of aliphatic hydroxyl groups excluding tert-OH is 1.